The van der Waals surface area contributed by atoms with Crippen LogP contribution in [0.25, 0.3) is 5.65 Å². The minimum atomic E-state index is 0.0905. The van der Waals surface area contributed by atoms with Gasteiger partial charge in [0.05, 0.1) is 5.69 Å². The zero-order chi connectivity index (χ0) is 10.3. The van der Waals surface area contributed by atoms with Gasteiger partial charge in [0.2, 0.25) is 0 Å². The molecule has 2 rings (SSSR count). The largest absolute Gasteiger partial charge is 0.396 e. The molecule has 0 aliphatic heterocycles. The molecular formula is C11H15N3. The molecule has 14 heavy (non-hydrogen) atoms. The number of imidazole rings is 1. The predicted molar refractivity (Wildman–Crippen MR) is 58.3 cm³/mol. The van der Waals surface area contributed by atoms with E-state index in [2.05, 4.69) is 30.2 Å². The Bertz CT molecular complexity index is 463. The fourth-order valence-electron chi connectivity index (χ4n) is 1.59. The molecule has 3 heteroatoms. The minimum absolute atomic E-state index is 0.0905. The lowest BCUT2D eigenvalue weighted by Crippen LogP contribution is -2.14. The van der Waals surface area contributed by atoms with Crippen LogP contribution in [0, 0.1) is 0 Å². The molecule has 74 valence electrons. The molecular weight excluding hydrogens is 174 g/mol. The second-order valence-electron chi connectivity index (χ2n) is 4.55. The fraction of sp³-hybridized carbons (Fsp3) is 0.364. The lowest BCUT2D eigenvalue weighted by atomic mass is 9.93. The van der Waals surface area contributed by atoms with Crippen molar-refractivity contribution in [2.45, 2.75) is 26.2 Å². The molecule has 0 aliphatic rings. The van der Waals surface area contributed by atoms with Gasteiger partial charge in [0.25, 0.3) is 0 Å². The molecule has 3 nitrogen and oxygen atoms in total. The molecule has 2 aromatic heterocycles. The van der Waals surface area contributed by atoms with Crippen molar-refractivity contribution < 1.29 is 0 Å². The van der Waals surface area contributed by atoms with Crippen molar-refractivity contribution in [3.8, 4) is 0 Å². The van der Waals surface area contributed by atoms with E-state index < -0.39 is 0 Å². The summed E-state index contributed by atoms with van der Waals surface area (Å²) in [6, 6.07) is 3.81. The van der Waals surface area contributed by atoms with Crippen molar-refractivity contribution >= 4 is 11.3 Å². The van der Waals surface area contributed by atoms with Crippen LogP contribution in [0.15, 0.2) is 24.5 Å². The maximum absolute atomic E-state index is 5.83. The molecule has 2 N–H and O–H groups in total. The summed E-state index contributed by atoms with van der Waals surface area (Å²) in [6.45, 7) is 6.50. The lowest BCUT2D eigenvalue weighted by molar-refractivity contribution is 0.563. The van der Waals surface area contributed by atoms with E-state index in [-0.39, 0.29) is 5.41 Å². The average Bonchev–Trinajstić information content (AvgIpc) is 2.47. The van der Waals surface area contributed by atoms with Crippen molar-refractivity contribution in [3.63, 3.8) is 0 Å². The minimum Gasteiger partial charge on any atom is -0.396 e. The monoisotopic (exact) mass is 189 g/mol. The number of hydrogen-bond acceptors (Lipinski definition) is 2. The number of nitrogen functional groups attached to an aromatic ring is 1. The molecule has 0 unspecified atom stereocenters. The van der Waals surface area contributed by atoms with Crippen LogP contribution < -0.4 is 5.73 Å². The highest BCUT2D eigenvalue weighted by Crippen LogP contribution is 2.24. The van der Waals surface area contributed by atoms with E-state index in [4.69, 9.17) is 5.73 Å². The van der Waals surface area contributed by atoms with Gasteiger partial charge in [-0.1, -0.05) is 20.8 Å². The van der Waals surface area contributed by atoms with Crippen LogP contribution in [0.2, 0.25) is 0 Å². The van der Waals surface area contributed by atoms with E-state index in [1.807, 2.05) is 24.5 Å². The first-order chi connectivity index (χ1) is 6.50. The summed E-state index contributed by atoms with van der Waals surface area (Å²) in [6.07, 6.45) is 3.89. The number of anilines is 1. The van der Waals surface area contributed by atoms with Gasteiger partial charge in [-0.15, -0.1) is 0 Å². The number of fused-ring (bicyclic) bond motifs is 1. The highest BCUT2D eigenvalue weighted by molar-refractivity contribution is 5.64. The number of aromatic nitrogens is 2. The van der Waals surface area contributed by atoms with Gasteiger partial charge in [0, 0.05) is 23.5 Å². The van der Waals surface area contributed by atoms with Crippen molar-refractivity contribution in [1.29, 1.82) is 0 Å². The van der Waals surface area contributed by atoms with Crippen LogP contribution in [0.1, 0.15) is 26.5 Å². The van der Waals surface area contributed by atoms with Gasteiger partial charge in [-0.3, -0.25) is 0 Å². The Morgan fingerprint density at radius 3 is 2.71 bits per heavy atom. The Labute approximate surface area is 83.6 Å². The molecule has 0 saturated carbocycles. The molecule has 2 aromatic rings. The third-order valence-corrected chi connectivity index (χ3v) is 2.33. The molecule has 2 heterocycles. The maximum Gasteiger partial charge on any atom is 0.160 e. The third-order valence-electron chi connectivity index (χ3n) is 2.33. The molecule has 0 spiro atoms. The Morgan fingerprint density at radius 2 is 2.07 bits per heavy atom. The van der Waals surface area contributed by atoms with Crippen LogP contribution in [-0.4, -0.2) is 9.38 Å². The molecule has 0 fully saturated rings. The fourth-order valence-corrected chi connectivity index (χ4v) is 1.59. The quantitative estimate of drug-likeness (QED) is 0.690. The van der Waals surface area contributed by atoms with Gasteiger partial charge in [-0.05, 0) is 12.1 Å². The zero-order valence-corrected chi connectivity index (χ0v) is 8.78. The van der Waals surface area contributed by atoms with Gasteiger partial charge >= 0.3 is 0 Å². The van der Waals surface area contributed by atoms with Crippen molar-refractivity contribution in [3.05, 3.63) is 30.2 Å². The van der Waals surface area contributed by atoms with E-state index >= 15 is 0 Å². The number of hydrogen-bond donors (Lipinski definition) is 1. The highest BCUT2D eigenvalue weighted by atomic mass is 15.0. The summed E-state index contributed by atoms with van der Waals surface area (Å²) >= 11 is 0. The van der Waals surface area contributed by atoms with Crippen LogP contribution in [0.5, 0.6) is 0 Å². The number of nitrogens with two attached hydrogens (primary N) is 1. The van der Waals surface area contributed by atoms with Gasteiger partial charge in [0.1, 0.15) is 0 Å². The van der Waals surface area contributed by atoms with E-state index in [1.165, 1.54) is 5.69 Å². The molecule has 0 saturated heterocycles. The highest BCUT2D eigenvalue weighted by Gasteiger charge is 2.18. The smallest absolute Gasteiger partial charge is 0.160 e. The second kappa shape index (κ2) is 2.74. The van der Waals surface area contributed by atoms with E-state index in [0.717, 1.165) is 11.3 Å². The second-order valence-corrected chi connectivity index (χ2v) is 4.55. The topological polar surface area (TPSA) is 43.3 Å². The normalized spacial score (nSPS) is 12.2. The SMILES string of the molecule is CC(C)(C)c1cnc2c(N)cccn12. The van der Waals surface area contributed by atoms with Crippen molar-refractivity contribution in [2.24, 2.45) is 0 Å². The van der Waals surface area contributed by atoms with Crippen LogP contribution in [-0.2, 0) is 5.41 Å². The Kier molecular flexibility index (Phi) is 1.77. The van der Waals surface area contributed by atoms with Gasteiger partial charge in [0.15, 0.2) is 5.65 Å². The first-order valence-electron chi connectivity index (χ1n) is 4.72. The summed E-state index contributed by atoms with van der Waals surface area (Å²) < 4.78 is 2.05. The Balaban J connectivity index is 2.76. The Morgan fingerprint density at radius 1 is 1.36 bits per heavy atom. The Hall–Kier alpha value is -1.51. The summed E-state index contributed by atoms with van der Waals surface area (Å²) in [5.74, 6) is 0. The van der Waals surface area contributed by atoms with Crippen LogP contribution >= 0.6 is 0 Å². The summed E-state index contributed by atoms with van der Waals surface area (Å²) in [5, 5.41) is 0. The van der Waals surface area contributed by atoms with Crippen molar-refractivity contribution in [2.75, 3.05) is 5.73 Å². The van der Waals surface area contributed by atoms with Crippen molar-refractivity contribution in [1.82, 2.24) is 9.38 Å². The average molecular weight is 189 g/mol. The first-order valence-corrected chi connectivity index (χ1v) is 4.72. The van der Waals surface area contributed by atoms with E-state index in [9.17, 15) is 0 Å². The molecule has 0 aromatic carbocycles. The van der Waals surface area contributed by atoms with E-state index in [1.54, 1.807) is 0 Å². The third kappa shape index (κ3) is 1.25. The van der Waals surface area contributed by atoms with Crippen LogP contribution in [0.3, 0.4) is 0 Å². The van der Waals surface area contributed by atoms with Gasteiger partial charge in [-0.2, -0.15) is 0 Å². The van der Waals surface area contributed by atoms with Gasteiger partial charge in [-0.25, -0.2) is 4.98 Å². The predicted octanol–water partition coefficient (Wildman–Crippen LogP) is 2.21. The lowest BCUT2D eigenvalue weighted by Gasteiger charge is -2.17. The number of nitrogens with zero attached hydrogens (tertiary/aromatic N) is 2. The zero-order valence-electron chi connectivity index (χ0n) is 8.78. The van der Waals surface area contributed by atoms with Gasteiger partial charge < -0.3 is 10.1 Å². The molecule has 0 aliphatic carbocycles. The molecule has 0 atom stereocenters. The number of pyridine rings is 1. The number of rotatable bonds is 0. The van der Waals surface area contributed by atoms with E-state index in [0.29, 0.717) is 0 Å². The molecule has 0 bridgehead atoms. The summed E-state index contributed by atoms with van der Waals surface area (Å²) in [5.41, 5.74) is 8.67. The first kappa shape index (κ1) is 9.06. The standard InChI is InChI=1S/C11H15N3/c1-11(2,3)9-7-13-10-8(12)5-4-6-14(9)10/h4-7H,12H2,1-3H3. The summed E-state index contributed by atoms with van der Waals surface area (Å²) in [7, 11) is 0. The maximum atomic E-state index is 5.83. The molecule has 0 amide bonds. The molecule has 0 radical (unpaired) electrons. The van der Waals surface area contributed by atoms with Crippen LogP contribution in [0.4, 0.5) is 5.69 Å². The summed E-state index contributed by atoms with van der Waals surface area (Å²) in [4.78, 5) is 4.32.